The standard InChI is InChI=1S/C13H22N4O2/c1-3-11-12(14-4-2)15-9-16-13(11)17-5-6-19-8-10(17)7-18/h9-10,18H,3-8H2,1-2H3,(H,14,15,16). The molecule has 1 fully saturated rings. The Kier molecular flexibility index (Phi) is 4.93. The highest BCUT2D eigenvalue weighted by Crippen LogP contribution is 2.26. The Balaban J connectivity index is 2.34. The molecule has 0 radical (unpaired) electrons. The van der Waals surface area contributed by atoms with E-state index in [1.54, 1.807) is 6.33 Å². The summed E-state index contributed by atoms with van der Waals surface area (Å²) >= 11 is 0. The van der Waals surface area contributed by atoms with Gasteiger partial charge in [0.25, 0.3) is 0 Å². The number of nitrogens with one attached hydrogen (secondary N) is 1. The third kappa shape index (κ3) is 2.96. The van der Waals surface area contributed by atoms with Crippen molar-refractivity contribution in [2.45, 2.75) is 26.3 Å². The van der Waals surface area contributed by atoms with Crippen molar-refractivity contribution in [3.63, 3.8) is 0 Å². The molecule has 6 nitrogen and oxygen atoms in total. The number of rotatable bonds is 5. The van der Waals surface area contributed by atoms with Gasteiger partial charge in [-0.05, 0) is 13.3 Å². The summed E-state index contributed by atoms with van der Waals surface area (Å²) in [7, 11) is 0. The lowest BCUT2D eigenvalue weighted by atomic mass is 10.1. The van der Waals surface area contributed by atoms with Gasteiger partial charge in [0.1, 0.15) is 18.0 Å². The number of aliphatic hydroxyl groups is 1. The van der Waals surface area contributed by atoms with Gasteiger partial charge in [-0.15, -0.1) is 0 Å². The zero-order chi connectivity index (χ0) is 13.7. The fraction of sp³-hybridized carbons (Fsp3) is 0.692. The summed E-state index contributed by atoms with van der Waals surface area (Å²) in [6.07, 6.45) is 2.43. The van der Waals surface area contributed by atoms with Crippen LogP contribution in [0.1, 0.15) is 19.4 Å². The van der Waals surface area contributed by atoms with Gasteiger partial charge in [0, 0.05) is 18.7 Å². The van der Waals surface area contributed by atoms with E-state index in [0.717, 1.165) is 36.7 Å². The first kappa shape index (κ1) is 14.0. The number of aromatic nitrogens is 2. The van der Waals surface area contributed by atoms with Crippen molar-refractivity contribution in [1.29, 1.82) is 0 Å². The second kappa shape index (κ2) is 6.68. The summed E-state index contributed by atoms with van der Waals surface area (Å²) in [5.41, 5.74) is 1.10. The molecule has 2 heterocycles. The summed E-state index contributed by atoms with van der Waals surface area (Å²) in [6.45, 7) is 7.00. The molecule has 0 bridgehead atoms. The number of hydrogen-bond acceptors (Lipinski definition) is 6. The average Bonchev–Trinajstić information content (AvgIpc) is 2.47. The minimum Gasteiger partial charge on any atom is -0.394 e. The van der Waals surface area contributed by atoms with E-state index in [0.29, 0.717) is 13.2 Å². The Bertz CT molecular complexity index is 414. The van der Waals surface area contributed by atoms with E-state index < -0.39 is 0 Å². The Morgan fingerprint density at radius 3 is 3.00 bits per heavy atom. The van der Waals surface area contributed by atoms with Crippen molar-refractivity contribution >= 4 is 11.6 Å². The molecule has 2 rings (SSSR count). The highest BCUT2D eigenvalue weighted by molar-refractivity contribution is 5.59. The van der Waals surface area contributed by atoms with Crippen molar-refractivity contribution in [3.8, 4) is 0 Å². The van der Waals surface area contributed by atoms with Gasteiger partial charge >= 0.3 is 0 Å². The van der Waals surface area contributed by atoms with Crippen LogP contribution in [-0.2, 0) is 11.2 Å². The molecular formula is C13H22N4O2. The normalized spacial score (nSPS) is 19.5. The quantitative estimate of drug-likeness (QED) is 0.816. The molecule has 1 aromatic heterocycles. The summed E-state index contributed by atoms with van der Waals surface area (Å²) in [5, 5.41) is 12.7. The van der Waals surface area contributed by atoms with Crippen LogP contribution in [0.5, 0.6) is 0 Å². The Labute approximate surface area is 113 Å². The second-order valence-electron chi connectivity index (χ2n) is 4.51. The van der Waals surface area contributed by atoms with Crippen molar-refractivity contribution in [3.05, 3.63) is 11.9 Å². The third-order valence-electron chi connectivity index (χ3n) is 3.33. The second-order valence-corrected chi connectivity index (χ2v) is 4.51. The molecule has 1 aliphatic heterocycles. The van der Waals surface area contributed by atoms with Gasteiger partial charge in [0.05, 0.1) is 25.9 Å². The maximum Gasteiger partial charge on any atom is 0.137 e. The Morgan fingerprint density at radius 1 is 1.47 bits per heavy atom. The van der Waals surface area contributed by atoms with Crippen LogP contribution in [0.4, 0.5) is 11.6 Å². The number of morpholine rings is 1. The zero-order valence-electron chi connectivity index (χ0n) is 11.6. The molecule has 19 heavy (non-hydrogen) atoms. The van der Waals surface area contributed by atoms with Gasteiger partial charge in [-0.2, -0.15) is 0 Å². The van der Waals surface area contributed by atoms with E-state index in [1.165, 1.54) is 0 Å². The largest absolute Gasteiger partial charge is 0.394 e. The van der Waals surface area contributed by atoms with Crippen LogP contribution in [-0.4, -0.2) is 54.0 Å². The molecule has 1 unspecified atom stereocenters. The van der Waals surface area contributed by atoms with Crippen LogP contribution in [0.15, 0.2) is 6.33 Å². The molecule has 106 valence electrons. The van der Waals surface area contributed by atoms with E-state index in [2.05, 4.69) is 27.1 Å². The maximum atomic E-state index is 9.48. The first-order valence-corrected chi connectivity index (χ1v) is 6.84. The third-order valence-corrected chi connectivity index (χ3v) is 3.33. The predicted octanol–water partition coefficient (Wildman–Crippen LogP) is 0.668. The molecule has 0 aliphatic carbocycles. The van der Waals surface area contributed by atoms with Crippen molar-refractivity contribution in [1.82, 2.24) is 9.97 Å². The minimum absolute atomic E-state index is 0.0246. The molecule has 0 aromatic carbocycles. The fourth-order valence-corrected chi connectivity index (χ4v) is 2.38. The van der Waals surface area contributed by atoms with Crippen LogP contribution in [0.25, 0.3) is 0 Å². The number of ether oxygens (including phenoxy) is 1. The van der Waals surface area contributed by atoms with Crippen molar-refractivity contribution in [2.75, 3.05) is 43.1 Å². The van der Waals surface area contributed by atoms with Crippen LogP contribution < -0.4 is 10.2 Å². The molecule has 6 heteroatoms. The van der Waals surface area contributed by atoms with Crippen molar-refractivity contribution in [2.24, 2.45) is 0 Å². The predicted molar refractivity (Wildman–Crippen MR) is 74.6 cm³/mol. The average molecular weight is 266 g/mol. The van der Waals surface area contributed by atoms with Gasteiger partial charge in [-0.1, -0.05) is 6.92 Å². The molecule has 0 saturated carbocycles. The van der Waals surface area contributed by atoms with Crippen LogP contribution in [0.3, 0.4) is 0 Å². The van der Waals surface area contributed by atoms with E-state index in [1.807, 2.05) is 6.92 Å². The van der Waals surface area contributed by atoms with Gasteiger partial charge in [-0.3, -0.25) is 0 Å². The van der Waals surface area contributed by atoms with E-state index >= 15 is 0 Å². The Hall–Kier alpha value is -1.40. The molecular weight excluding hydrogens is 244 g/mol. The monoisotopic (exact) mass is 266 g/mol. The van der Waals surface area contributed by atoms with Gasteiger partial charge in [0.2, 0.25) is 0 Å². The highest BCUT2D eigenvalue weighted by Gasteiger charge is 2.26. The molecule has 0 amide bonds. The fourth-order valence-electron chi connectivity index (χ4n) is 2.38. The zero-order valence-corrected chi connectivity index (χ0v) is 11.6. The lowest BCUT2D eigenvalue weighted by Crippen LogP contribution is -2.48. The summed E-state index contributed by atoms with van der Waals surface area (Å²) < 4.78 is 5.42. The van der Waals surface area contributed by atoms with Crippen LogP contribution in [0.2, 0.25) is 0 Å². The minimum atomic E-state index is -0.0246. The SMILES string of the molecule is CCNc1ncnc(N2CCOCC2CO)c1CC. The van der Waals surface area contributed by atoms with E-state index in [4.69, 9.17) is 4.74 Å². The lowest BCUT2D eigenvalue weighted by molar-refractivity contribution is 0.0722. The van der Waals surface area contributed by atoms with E-state index in [-0.39, 0.29) is 12.6 Å². The van der Waals surface area contributed by atoms with Crippen LogP contribution >= 0.6 is 0 Å². The molecule has 1 saturated heterocycles. The smallest absolute Gasteiger partial charge is 0.137 e. The first-order valence-electron chi connectivity index (χ1n) is 6.84. The summed E-state index contributed by atoms with van der Waals surface area (Å²) in [4.78, 5) is 10.9. The molecule has 1 aromatic rings. The van der Waals surface area contributed by atoms with Gasteiger partial charge in [-0.25, -0.2) is 9.97 Å². The van der Waals surface area contributed by atoms with E-state index in [9.17, 15) is 5.11 Å². The number of nitrogens with zero attached hydrogens (tertiary/aromatic N) is 3. The number of hydrogen-bond donors (Lipinski definition) is 2. The molecule has 0 spiro atoms. The number of aliphatic hydroxyl groups excluding tert-OH is 1. The Morgan fingerprint density at radius 2 is 2.32 bits per heavy atom. The molecule has 1 atom stereocenters. The topological polar surface area (TPSA) is 70.5 Å². The number of anilines is 2. The lowest BCUT2D eigenvalue weighted by Gasteiger charge is -2.36. The van der Waals surface area contributed by atoms with Gasteiger partial charge in [0.15, 0.2) is 0 Å². The first-order chi connectivity index (χ1) is 9.31. The van der Waals surface area contributed by atoms with Crippen LogP contribution in [0, 0.1) is 0 Å². The molecule has 2 N–H and O–H groups in total. The maximum absolute atomic E-state index is 9.48. The highest BCUT2D eigenvalue weighted by atomic mass is 16.5. The van der Waals surface area contributed by atoms with Crippen molar-refractivity contribution < 1.29 is 9.84 Å². The van der Waals surface area contributed by atoms with Gasteiger partial charge < -0.3 is 20.1 Å². The molecule has 1 aliphatic rings. The summed E-state index contributed by atoms with van der Waals surface area (Å²) in [5.74, 6) is 1.80. The summed E-state index contributed by atoms with van der Waals surface area (Å²) in [6, 6.07) is -0.0246.